The second-order valence-electron chi connectivity index (χ2n) is 6.53. The summed E-state index contributed by atoms with van der Waals surface area (Å²) in [5.41, 5.74) is 2.19. The standard InChI is InChI=1S/C17H17N7O2S/c1-23-7-11(14(22-23)17-18-3-5-27-17)15-19-6-12-16(21-15)24(8-13(25)20-12)10-2-4-26-9-10/h3,5-7,10H,2,4,8-9H2,1H3,(H,20,25). The molecule has 1 N–H and O–H groups in total. The summed E-state index contributed by atoms with van der Waals surface area (Å²) in [7, 11) is 1.86. The maximum absolute atomic E-state index is 12.1. The highest BCUT2D eigenvalue weighted by Gasteiger charge is 2.32. The Morgan fingerprint density at radius 2 is 2.30 bits per heavy atom. The molecule has 5 rings (SSSR count). The maximum Gasteiger partial charge on any atom is 0.244 e. The summed E-state index contributed by atoms with van der Waals surface area (Å²) in [6.45, 7) is 1.57. The Bertz CT molecular complexity index is 995. The van der Waals surface area contributed by atoms with E-state index in [4.69, 9.17) is 9.72 Å². The van der Waals surface area contributed by atoms with Crippen LogP contribution in [0.3, 0.4) is 0 Å². The SMILES string of the molecule is Cn1cc(-c2ncc3c(n2)N(C2CCOC2)CC(=O)N3)c(-c2nccs2)n1. The lowest BCUT2D eigenvalue weighted by molar-refractivity contribution is -0.115. The molecule has 138 valence electrons. The molecule has 5 heterocycles. The first-order chi connectivity index (χ1) is 13.2. The van der Waals surface area contributed by atoms with E-state index in [0.717, 1.165) is 28.5 Å². The summed E-state index contributed by atoms with van der Waals surface area (Å²) < 4.78 is 7.25. The molecule has 27 heavy (non-hydrogen) atoms. The zero-order valence-corrected chi connectivity index (χ0v) is 15.4. The molecule has 0 aromatic carbocycles. The monoisotopic (exact) mass is 383 g/mol. The Balaban J connectivity index is 1.60. The predicted octanol–water partition coefficient (Wildman–Crippen LogP) is 1.55. The predicted molar refractivity (Wildman–Crippen MR) is 101 cm³/mol. The van der Waals surface area contributed by atoms with Gasteiger partial charge in [0.1, 0.15) is 16.4 Å². The molecule has 10 heteroatoms. The normalized spacial score (nSPS) is 19.2. The van der Waals surface area contributed by atoms with Crippen LogP contribution in [0.4, 0.5) is 11.5 Å². The van der Waals surface area contributed by atoms with Crippen molar-refractivity contribution in [3.8, 4) is 22.1 Å². The van der Waals surface area contributed by atoms with Crippen LogP contribution in [0.15, 0.2) is 24.0 Å². The van der Waals surface area contributed by atoms with Gasteiger partial charge in [-0.2, -0.15) is 5.10 Å². The largest absolute Gasteiger partial charge is 0.379 e. The summed E-state index contributed by atoms with van der Waals surface area (Å²) in [5, 5.41) is 10.1. The number of aryl methyl sites for hydroxylation is 1. The van der Waals surface area contributed by atoms with Gasteiger partial charge in [-0.1, -0.05) is 0 Å². The number of hydrogen-bond donors (Lipinski definition) is 1. The van der Waals surface area contributed by atoms with E-state index in [1.807, 2.05) is 23.5 Å². The van der Waals surface area contributed by atoms with Gasteiger partial charge in [-0.05, 0) is 6.42 Å². The Morgan fingerprint density at radius 1 is 1.37 bits per heavy atom. The van der Waals surface area contributed by atoms with Gasteiger partial charge in [0.05, 0.1) is 31.0 Å². The van der Waals surface area contributed by atoms with Crippen LogP contribution in [-0.2, 0) is 16.6 Å². The van der Waals surface area contributed by atoms with Gasteiger partial charge in [0.15, 0.2) is 11.6 Å². The molecule has 1 atom stereocenters. The third-order valence-corrected chi connectivity index (χ3v) is 5.46. The molecule has 0 aliphatic carbocycles. The van der Waals surface area contributed by atoms with Crippen molar-refractivity contribution in [2.24, 2.45) is 7.05 Å². The van der Waals surface area contributed by atoms with Gasteiger partial charge in [0.2, 0.25) is 5.91 Å². The summed E-state index contributed by atoms with van der Waals surface area (Å²) in [6, 6.07) is 0.143. The fourth-order valence-electron chi connectivity index (χ4n) is 3.45. The zero-order valence-electron chi connectivity index (χ0n) is 14.6. The van der Waals surface area contributed by atoms with Crippen molar-refractivity contribution in [1.29, 1.82) is 0 Å². The summed E-state index contributed by atoms with van der Waals surface area (Å²) in [5.74, 6) is 1.23. The number of hydrogen-bond acceptors (Lipinski definition) is 8. The number of nitrogens with one attached hydrogen (secondary N) is 1. The van der Waals surface area contributed by atoms with Gasteiger partial charge in [0, 0.05) is 31.4 Å². The average Bonchev–Trinajstić information content (AvgIpc) is 3.42. The molecule has 1 saturated heterocycles. The molecule has 2 aliphatic heterocycles. The molecule has 0 radical (unpaired) electrons. The molecule has 3 aromatic rings. The Kier molecular flexibility index (Phi) is 3.87. The lowest BCUT2D eigenvalue weighted by Crippen LogP contribution is -2.45. The van der Waals surface area contributed by atoms with E-state index in [2.05, 4.69) is 20.4 Å². The van der Waals surface area contributed by atoms with Gasteiger partial charge < -0.3 is 15.0 Å². The fourth-order valence-corrected chi connectivity index (χ4v) is 4.08. The van der Waals surface area contributed by atoms with Gasteiger partial charge in [0.25, 0.3) is 0 Å². The molecule has 0 bridgehead atoms. The van der Waals surface area contributed by atoms with Crippen LogP contribution in [0.25, 0.3) is 22.1 Å². The molecule has 1 fully saturated rings. The Hall–Kier alpha value is -2.85. The summed E-state index contributed by atoms with van der Waals surface area (Å²) in [4.78, 5) is 27.8. The number of aromatic nitrogens is 5. The number of amides is 1. The molecule has 2 aliphatic rings. The minimum Gasteiger partial charge on any atom is -0.379 e. The van der Waals surface area contributed by atoms with E-state index < -0.39 is 0 Å². The summed E-state index contributed by atoms with van der Waals surface area (Å²) in [6.07, 6.45) is 6.19. The molecular weight excluding hydrogens is 366 g/mol. The van der Waals surface area contributed by atoms with E-state index in [9.17, 15) is 4.79 Å². The quantitative estimate of drug-likeness (QED) is 0.733. The number of anilines is 2. The number of rotatable bonds is 3. The minimum absolute atomic E-state index is 0.0596. The first-order valence-electron chi connectivity index (χ1n) is 8.64. The van der Waals surface area contributed by atoms with E-state index >= 15 is 0 Å². The number of carbonyl (C=O) groups is 1. The third kappa shape index (κ3) is 2.86. The van der Waals surface area contributed by atoms with Crippen molar-refractivity contribution in [3.05, 3.63) is 24.0 Å². The molecule has 0 spiro atoms. The number of thiazole rings is 1. The molecule has 3 aromatic heterocycles. The molecule has 1 unspecified atom stereocenters. The van der Waals surface area contributed by atoms with Gasteiger partial charge >= 0.3 is 0 Å². The highest BCUT2D eigenvalue weighted by Crippen LogP contribution is 2.35. The number of fused-ring (bicyclic) bond motifs is 1. The lowest BCUT2D eigenvalue weighted by atomic mass is 10.1. The number of nitrogens with zero attached hydrogens (tertiary/aromatic N) is 6. The highest BCUT2D eigenvalue weighted by molar-refractivity contribution is 7.13. The smallest absolute Gasteiger partial charge is 0.244 e. The Morgan fingerprint density at radius 3 is 3.07 bits per heavy atom. The van der Waals surface area contributed by atoms with Crippen molar-refractivity contribution in [1.82, 2.24) is 24.7 Å². The summed E-state index contributed by atoms with van der Waals surface area (Å²) >= 11 is 1.52. The average molecular weight is 383 g/mol. The number of ether oxygens (including phenoxy) is 1. The minimum atomic E-state index is -0.0596. The van der Waals surface area contributed by atoms with E-state index in [0.29, 0.717) is 24.7 Å². The van der Waals surface area contributed by atoms with Gasteiger partial charge in [-0.3, -0.25) is 9.48 Å². The zero-order chi connectivity index (χ0) is 18.4. The van der Waals surface area contributed by atoms with Crippen LogP contribution < -0.4 is 10.2 Å². The van der Waals surface area contributed by atoms with E-state index in [-0.39, 0.29) is 18.5 Å². The maximum atomic E-state index is 12.1. The van der Waals surface area contributed by atoms with Crippen LogP contribution in [-0.4, -0.2) is 56.4 Å². The highest BCUT2D eigenvalue weighted by atomic mass is 32.1. The second kappa shape index (κ2) is 6.39. The van der Waals surface area contributed by atoms with E-state index in [1.165, 1.54) is 11.3 Å². The van der Waals surface area contributed by atoms with Crippen molar-refractivity contribution in [2.75, 3.05) is 30.0 Å². The second-order valence-corrected chi connectivity index (χ2v) is 7.42. The topological polar surface area (TPSA) is 98.1 Å². The molecular formula is C17H17N7O2S. The number of carbonyl (C=O) groups excluding carboxylic acids is 1. The first-order valence-corrected chi connectivity index (χ1v) is 9.52. The van der Waals surface area contributed by atoms with Crippen LogP contribution in [0.2, 0.25) is 0 Å². The van der Waals surface area contributed by atoms with Crippen LogP contribution >= 0.6 is 11.3 Å². The third-order valence-electron chi connectivity index (χ3n) is 4.68. The molecule has 0 saturated carbocycles. The molecule has 9 nitrogen and oxygen atoms in total. The van der Waals surface area contributed by atoms with Crippen LogP contribution in [0, 0.1) is 0 Å². The van der Waals surface area contributed by atoms with Gasteiger partial charge in [-0.25, -0.2) is 15.0 Å². The Labute approximate surface area is 159 Å². The van der Waals surface area contributed by atoms with Crippen molar-refractivity contribution < 1.29 is 9.53 Å². The first kappa shape index (κ1) is 16.3. The van der Waals surface area contributed by atoms with Crippen LogP contribution in [0.5, 0.6) is 0 Å². The molecule has 1 amide bonds. The van der Waals surface area contributed by atoms with Crippen LogP contribution in [0.1, 0.15) is 6.42 Å². The van der Waals surface area contributed by atoms with Crippen molar-refractivity contribution in [3.63, 3.8) is 0 Å². The van der Waals surface area contributed by atoms with Crippen molar-refractivity contribution >= 4 is 28.7 Å². The van der Waals surface area contributed by atoms with E-state index in [1.54, 1.807) is 17.1 Å². The lowest BCUT2D eigenvalue weighted by Gasteiger charge is -2.33. The van der Waals surface area contributed by atoms with Gasteiger partial charge in [-0.15, -0.1) is 11.3 Å². The van der Waals surface area contributed by atoms with Crippen molar-refractivity contribution in [2.45, 2.75) is 12.5 Å². The fraction of sp³-hybridized carbons (Fsp3) is 0.353.